The Balaban J connectivity index is 2.87. The maximum atomic E-state index is 10.6. The van der Waals surface area contributed by atoms with E-state index in [1.165, 1.54) is 0 Å². The van der Waals surface area contributed by atoms with Gasteiger partial charge in [0.2, 0.25) is 0 Å². The Hall–Kier alpha value is 0.180. The first kappa shape index (κ1) is 7.29. The van der Waals surface area contributed by atoms with Gasteiger partial charge in [0, 0.05) is 5.82 Å². The monoisotopic (exact) mass is 168 g/mol. The van der Waals surface area contributed by atoms with Crippen LogP contribution in [0, 0.1) is 0 Å². The van der Waals surface area contributed by atoms with Gasteiger partial charge in [-0.1, -0.05) is 11.6 Å². The summed E-state index contributed by atoms with van der Waals surface area (Å²) in [6.45, 7) is 1.62. The molecule has 0 radical (unpaired) electrons. The molecular formula is C4H6ClO3P. The van der Waals surface area contributed by atoms with Crippen LogP contribution in [-0.4, -0.2) is 11.0 Å². The topological polar surface area (TPSA) is 46.5 Å². The van der Waals surface area contributed by atoms with Crippen LogP contribution in [0.25, 0.3) is 0 Å². The van der Waals surface area contributed by atoms with E-state index in [4.69, 9.17) is 16.5 Å². The number of hydrogen-bond donors (Lipinski definition) is 1. The number of rotatable bonds is 0. The molecule has 52 valence electrons. The Morgan fingerprint density at radius 2 is 2.56 bits per heavy atom. The molecule has 0 spiro atoms. The highest BCUT2D eigenvalue weighted by Crippen LogP contribution is 2.53. The van der Waals surface area contributed by atoms with Crippen LogP contribution in [0.5, 0.6) is 0 Å². The molecule has 5 heteroatoms. The molecule has 1 rings (SSSR count). The third-order valence-corrected chi connectivity index (χ3v) is 2.78. The van der Waals surface area contributed by atoms with Gasteiger partial charge in [-0.05, 0) is 6.92 Å². The van der Waals surface area contributed by atoms with Crippen molar-refractivity contribution in [3.8, 4) is 0 Å². The highest BCUT2D eigenvalue weighted by molar-refractivity contribution is 7.56. The van der Waals surface area contributed by atoms with Gasteiger partial charge in [-0.25, -0.2) is 0 Å². The zero-order chi connectivity index (χ0) is 7.07. The van der Waals surface area contributed by atoms with Crippen molar-refractivity contribution < 1.29 is 14.0 Å². The van der Waals surface area contributed by atoms with E-state index in [0.29, 0.717) is 5.03 Å². The van der Waals surface area contributed by atoms with Crippen molar-refractivity contribution in [3.63, 3.8) is 0 Å². The summed E-state index contributed by atoms with van der Waals surface area (Å²) in [4.78, 5) is 8.71. The van der Waals surface area contributed by atoms with Crippen LogP contribution >= 0.6 is 19.2 Å². The fourth-order valence-electron chi connectivity index (χ4n) is 0.568. The summed E-state index contributed by atoms with van der Waals surface area (Å²) in [5.41, 5.74) is 0. The van der Waals surface area contributed by atoms with Crippen LogP contribution in [0.4, 0.5) is 0 Å². The molecule has 1 aliphatic rings. The van der Waals surface area contributed by atoms with Crippen LogP contribution in [-0.2, 0) is 9.09 Å². The molecule has 9 heavy (non-hydrogen) atoms. The predicted octanol–water partition coefficient (Wildman–Crippen LogP) is 1.67. The standard InChI is InChI=1S/C4H6ClO3P/c1-3-4(5)2-9(6,7)8-3/h2-3H,1H3,(H,6,7). The van der Waals surface area contributed by atoms with E-state index in [-0.39, 0.29) is 0 Å². The number of halogens is 1. The molecule has 3 nitrogen and oxygen atoms in total. The van der Waals surface area contributed by atoms with Gasteiger partial charge in [-0.15, -0.1) is 0 Å². The first-order valence-corrected chi connectivity index (χ1v) is 4.43. The van der Waals surface area contributed by atoms with Gasteiger partial charge in [0.05, 0.1) is 5.03 Å². The fourth-order valence-corrected chi connectivity index (χ4v) is 2.19. The van der Waals surface area contributed by atoms with Crippen molar-refractivity contribution in [1.82, 2.24) is 0 Å². The molecule has 0 saturated heterocycles. The molecule has 1 aliphatic heterocycles. The van der Waals surface area contributed by atoms with E-state index in [9.17, 15) is 4.57 Å². The second kappa shape index (κ2) is 2.10. The highest BCUT2D eigenvalue weighted by atomic mass is 35.5. The maximum Gasteiger partial charge on any atom is 0.353 e. The quantitative estimate of drug-likeness (QED) is 0.560. The van der Waals surface area contributed by atoms with Crippen molar-refractivity contribution in [2.75, 3.05) is 0 Å². The van der Waals surface area contributed by atoms with Crippen LogP contribution in [0.1, 0.15) is 6.92 Å². The molecule has 2 atom stereocenters. The molecule has 0 aliphatic carbocycles. The van der Waals surface area contributed by atoms with Crippen LogP contribution in [0.3, 0.4) is 0 Å². The van der Waals surface area contributed by atoms with Gasteiger partial charge >= 0.3 is 7.60 Å². The lowest BCUT2D eigenvalue weighted by Gasteiger charge is -2.02. The Labute approximate surface area is 57.8 Å². The summed E-state index contributed by atoms with van der Waals surface area (Å²) in [7, 11) is -3.45. The summed E-state index contributed by atoms with van der Waals surface area (Å²) < 4.78 is 15.2. The SMILES string of the molecule is CC1OP(=O)(O)C=C1Cl. The highest BCUT2D eigenvalue weighted by Gasteiger charge is 2.29. The lowest BCUT2D eigenvalue weighted by atomic mass is 10.4. The summed E-state index contributed by atoms with van der Waals surface area (Å²) in [6, 6.07) is 0. The van der Waals surface area contributed by atoms with Gasteiger partial charge < -0.3 is 4.89 Å². The van der Waals surface area contributed by atoms with Crippen molar-refractivity contribution in [2.45, 2.75) is 13.0 Å². The molecule has 0 aromatic heterocycles. The maximum absolute atomic E-state index is 10.6. The van der Waals surface area contributed by atoms with Crippen LogP contribution < -0.4 is 0 Å². The normalized spacial score (nSPS) is 43.0. The van der Waals surface area contributed by atoms with Gasteiger partial charge in [0.15, 0.2) is 0 Å². The van der Waals surface area contributed by atoms with E-state index in [0.717, 1.165) is 5.82 Å². The first-order chi connectivity index (χ1) is 4.01. The van der Waals surface area contributed by atoms with Gasteiger partial charge in [0.25, 0.3) is 0 Å². The van der Waals surface area contributed by atoms with Gasteiger partial charge in [0.1, 0.15) is 6.10 Å². The van der Waals surface area contributed by atoms with Gasteiger partial charge in [-0.2, -0.15) is 0 Å². The Kier molecular flexibility index (Phi) is 1.70. The molecule has 0 saturated carbocycles. The molecule has 0 aromatic carbocycles. The third kappa shape index (κ3) is 1.55. The molecule has 0 aromatic rings. The minimum Gasteiger partial charge on any atom is -0.321 e. The van der Waals surface area contributed by atoms with Crippen molar-refractivity contribution in [1.29, 1.82) is 0 Å². The predicted molar refractivity (Wildman–Crippen MR) is 34.3 cm³/mol. The van der Waals surface area contributed by atoms with Crippen molar-refractivity contribution in [2.24, 2.45) is 0 Å². The minimum absolute atomic E-state index is 0.306. The fraction of sp³-hybridized carbons (Fsp3) is 0.500. The zero-order valence-corrected chi connectivity index (χ0v) is 6.39. The average molecular weight is 169 g/mol. The van der Waals surface area contributed by atoms with Crippen molar-refractivity contribution >= 4 is 19.2 Å². The van der Waals surface area contributed by atoms with Crippen LogP contribution in [0.2, 0.25) is 0 Å². The molecular weight excluding hydrogens is 162 g/mol. The molecule has 1 heterocycles. The van der Waals surface area contributed by atoms with E-state index in [2.05, 4.69) is 4.52 Å². The smallest absolute Gasteiger partial charge is 0.321 e. The summed E-state index contributed by atoms with van der Waals surface area (Å²) >= 11 is 5.45. The minimum atomic E-state index is -3.45. The second-order valence-corrected chi connectivity index (χ2v) is 3.86. The third-order valence-electron chi connectivity index (χ3n) is 0.984. The van der Waals surface area contributed by atoms with Crippen molar-refractivity contribution in [3.05, 3.63) is 10.8 Å². The van der Waals surface area contributed by atoms with E-state index in [1.54, 1.807) is 6.92 Å². The van der Waals surface area contributed by atoms with E-state index in [1.807, 2.05) is 0 Å². The lowest BCUT2D eigenvalue weighted by Crippen LogP contribution is -1.97. The first-order valence-electron chi connectivity index (χ1n) is 2.40. The summed E-state index contributed by atoms with van der Waals surface area (Å²) in [5.74, 6) is 1.05. The lowest BCUT2D eigenvalue weighted by molar-refractivity contribution is 0.242. The molecule has 1 N–H and O–H groups in total. The molecule has 0 amide bonds. The Bertz CT molecular complexity index is 200. The van der Waals surface area contributed by atoms with Crippen LogP contribution in [0.15, 0.2) is 10.8 Å². The zero-order valence-electron chi connectivity index (χ0n) is 4.74. The van der Waals surface area contributed by atoms with E-state index >= 15 is 0 Å². The van der Waals surface area contributed by atoms with Gasteiger partial charge in [-0.3, -0.25) is 9.09 Å². The molecule has 0 fully saturated rings. The molecule has 0 bridgehead atoms. The average Bonchev–Trinajstić information content (AvgIpc) is 1.79. The largest absolute Gasteiger partial charge is 0.353 e. The summed E-state index contributed by atoms with van der Waals surface area (Å²) in [6.07, 6.45) is -0.428. The number of hydrogen-bond acceptors (Lipinski definition) is 2. The molecule has 2 unspecified atom stereocenters. The Morgan fingerprint density at radius 3 is 2.67 bits per heavy atom. The summed E-state index contributed by atoms with van der Waals surface area (Å²) in [5, 5.41) is 0.306. The van der Waals surface area contributed by atoms with E-state index < -0.39 is 13.7 Å². The Morgan fingerprint density at radius 1 is 2.00 bits per heavy atom. The second-order valence-electron chi connectivity index (χ2n) is 1.83.